The predicted octanol–water partition coefficient (Wildman–Crippen LogP) is 3.68. The van der Waals surface area contributed by atoms with Gasteiger partial charge in [-0.25, -0.2) is 0 Å². The molecule has 1 amide bonds. The minimum Gasteiger partial charge on any atom is -0.496 e. The van der Waals surface area contributed by atoms with Crippen LogP contribution < -0.4 is 10.1 Å². The van der Waals surface area contributed by atoms with Crippen molar-refractivity contribution in [1.29, 1.82) is 0 Å². The normalized spacial score (nSPS) is 12.2. The summed E-state index contributed by atoms with van der Waals surface area (Å²) in [6, 6.07) is 11.6. The molecule has 24 heavy (non-hydrogen) atoms. The van der Waals surface area contributed by atoms with Gasteiger partial charge in [0.25, 0.3) is 5.91 Å². The Morgan fingerprint density at radius 3 is 2.62 bits per heavy atom. The molecular weight excluding hydrogens is 302 g/mol. The molecule has 0 saturated heterocycles. The van der Waals surface area contributed by atoms with Crippen LogP contribution in [-0.2, 0) is 0 Å². The van der Waals surface area contributed by atoms with Crippen LogP contribution in [0, 0.1) is 13.8 Å². The molecule has 5 heteroatoms. The van der Waals surface area contributed by atoms with Gasteiger partial charge in [-0.05, 0) is 39.0 Å². The number of carbonyl (C=O) groups excluding carboxylic acids is 1. The van der Waals surface area contributed by atoms with Crippen LogP contribution in [-0.4, -0.2) is 23.2 Å². The van der Waals surface area contributed by atoms with Crippen molar-refractivity contribution in [3.05, 3.63) is 58.8 Å². The first-order valence-electron chi connectivity index (χ1n) is 7.89. The summed E-state index contributed by atoms with van der Waals surface area (Å²) in [5.41, 5.74) is 4.42. The van der Waals surface area contributed by atoms with Gasteiger partial charge in [-0.3, -0.25) is 9.89 Å². The Balaban J connectivity index is 1.88. The second-order valence-electron chi connectivity index (χ2n) is 6.06. The number of aromatic amines is 1. The van der Waals surface area contributed by atoms with E-state index in [1.165, 1.54) is 0 Å². The third kappa shape index (κ3) is 2.97. The lowest BCUT2D eigenvalue weighted by Crippen LogP contribution is -2.27. The molecule has 3 aromatic rings. The largest absolute Gasteiger partial charge is 0.496 e. The molecule has 0 spiro atoms. The van der Waals surface area contributed by atoms with Crippen molar-refractivity contribution in [2.45, 2.75) is 26.8 Å². The van der Waals surface area contributed by atoms with Crippen molar-refractivity contribution >= 4 is 16.8 Å². The summed E-state index contributed by atoms with van der Waals surface area (Å²) in [6.45, 7) is 5.95. The molecule has 1 heterocycles. The summed E-state index contributed by atoms with van der Waals surface area (Å²) < 4.78 is 5.41. The molecule has 0 saturated carbocycles. The number of nitrogens with one attached hydrogen (secondary N) is 2. The van der Waals surface area contributed by atoms with E-state index in [-0.39, 0.29) is 11.9 Å². The average molecular weight is 323 g/mol. The maximum atomic E-state index is 12.7. The lowest BCUT2D eigenvalue weighted by Gasteiger charge is -2.17. The zero-order chi connectivity index (χ0) is 17.3. The van der Waals surface area contributed by atoms with Crippen molar-refractivity contribution in [2.75, 3.05) is 7.11 Å². The summed E-state index contributed by atoms with van der Waals surface area (Å²) in [5.74, 6) is 0.555. The fraction of sp³-hybridized carbons (Fsp3) is 0.263. The first-order valence-corrected chi connectivity index (χ1v) is 7.89. The number of benzene rings is 2. The Kier molecular flexibility index (Phi) is 4.25. The monoisotopic (exact) mass is 323 g/mol. The minimum absolute atomic E-state index is 0.191. The molecule has 0 fully saturated rings. The van der Waals surface area contributed by atoms with Gasteiger partial charge < -0.3 is 10.1 Å². The van der Waals surface area contributed by atoms with Gasteiger partial charge in [0.05, 0.1) is 18.7 Å². The van der Waals surface area contributed by atoms with E-state index in [4.69, 9.17) is 4.74 Å². The zero-order valence-corrected chi connectivity index (χ0v) is 14.3. The lowest BCUT2D eigenvalue weighted by molar-refractivity contribution is 0.0936. The average Bonchev–Trinajstić information content (AvgIpc) is 2.97. The summed E-state index contributed by atoms with van der Waals surface area (Å²) >= 11 is 0. The van der Waals surface area contributed by atoms with E-state index in [2.05, 4.69) is 15.5 Å². The molecule has 0 aliphatic rings. The van der Waals surface area contributed by atoms with Crippen molar-refractivity contribution in [2.24, 2.45) is 0 Å². The maximum absolute atomic E-state index is 12.7. The van der Waals surface area contributed by atoms with E-state index in [9.17, 15) is 4.79 Å². The number of ether oxygens (including phenoxy) is 1. The third-order valence-corrected chi connectivity index (χ3v) is 4.13. The lowest BCUT2D eigenvalue weighted by atomic mass is 10.0. The molecule has 0 aliphatic heterocycles. The number of aryl methyl sites for hydroxylation is 2. The van der Waals surface area contributed by atoms with E-state index >= 15 is 0 Å². The fourth-order valence-corrected chi connectivity index (χ4v) is 2.84. The molecule has 3 rings (SSSR count). The van der Waals surface area contributed by atoms with Crippen LogP contribution in [0.15, 0.2) is 36.4 Å². The Bertz CT molecular complexity index is 899. The molecule has 2 N–H and O–H groups in total. The summed E-state index contributed by atoms with van der Waals surface area (Å²) in [4.78, 5) is 12.7. The molecule has 2 aromatic carbocycles. The third-order valence-electron chi connectivity index (χ3n) is 4.13. The number of carbonyl (C=O) groups is 1. The quantitative estimate of drug-likeness (QED) is 0.769. The van der Waals surface area contributed by atoms with E-state index in [1.807, 2.05) is 57.2 Å². The number of fused-ring (bicyclic) bond motifs is 1. The van der Waals surface area contributed by atoms with Crippen LogP contribution in [0.5, 0.6) is 5.75 Å². The van der Waals surface area contributed by atoms with Gasteiger partial charge in [-0.15, -0.1) is 0 Å². The van der Waals surface area contributed by atoms with E-state index in [1.54, 1.807) is 7.11 Å². The first-order chi connectivity index (χ1) is 11.5. The Hall–Kier alpha value is -2.82. The van der Waals surface area contributed by atoms with Gasteiger partial charge in [0.2, 0.25) is 0 Å². The minimum atomic E-state index is -0.206. The van der Waals surface area contributed by atoms with Gasteiger partial charge in [0, 0.05) is 10.9 Å². The Morgan fingerprint density at radius 1 is 1.17 bits per heavy atom. The molecule has 1 aromatic heterocycles. The van der Waals surface area contributed by atoms with Crippen LogP contribution in [0.4, 0.5) is 0 Å². The van der Waals surface area contributed by atoms with E-state index in [0.29, 0.717) is 5.69 Å². The molecular formula is C19H21N3O2. The predicted molar refractivity (Wildman–Crippen MR) is 94.4 cm³/mol. The number of methoxy groups -OCH3 is 1. The van der Waals surface area contributed by atoms with Crippen LogP contribution in [0.1, 0.15) is 40.1 Å². The molecule has 1 unspecified atom stereocenters. The topological polar surface area (TPSA) is 67.0 Å². The van der Waals surface area contributed by atoms with Gasteiger partial charge in [-0.1, -0.05) is 29.3 Å². The number of hydrogen-bond acceptors (Lipinski definition) is 3. The van der Waals surface area contributed by atoms with Crippen LogP contribution in [0.3, 0.4) is 0 Å². The zero-order valence-electron chi connectivity index (χ0n) is 14.3. The second kappa shape index (κ2) is 6.35. The van der Waals surface area contributed by atoms with E-state index < -0.39 is 0 Å². The van der Waals surface area contributed by atoms with Crippen molar-refractivity contribution in [1.82, 2.24) is 15.5 Å². The molecule has 5 nitrogen and oxygen atoms in total. The number of nitrogens with zero attached hydrogens (tertiary/aromatic N) is 1. The molecule has 1 atom stereocenters. The highest BCUT2D eigenvalue weighted by Gasteiger charge is 2.19. The number of H-pyrrole nitrogens is 1. The molecule has 0 aliphatic carbocycles. The molecule has 0 radical (unpaired) electrons. The van der Waals surface area contributed by atoms with E-state index in [0.717, 1.165) is 33.3 Å². The van der Waals surface area contributed by atoms with Crippen molar-refractivity contribution in [3.63, 3.8) is 0 Å². The van der Waals surface area contributed by atoms with Gasteiger partial charge in [0.15, 0.2) is 5.69 Å². The molecule has 0 bridgehead atoms. The summed E-state index contributed by atoms with van der Waals surface area (Å²) in [6.07, 6.45) is 0. The maximum Gasteiger partial charge on any atom is 0.272 e. The van der Waals surface area contributed by atoms with Crippen molar-refractivity contribution in [3.8, 4) is 5.75 Å². The summed E-state index contributed by atoms with van der Waals surface area (Å²) in [5, 5.41) is 10.9. The second-order valence-corrected chi connectivity index (χ2v) is 6.06. The highest BCUT2D eigenvalue weighted by molar-refractivity contribution is 6.04. The van der Waals surface area contributed by atoms with Gasteiger partial charge >= 0.3 is 0 Å². The van der Waals surface area contributed by atoms with Crippen LogP contribution in [0.25, 0.3) is 10.9 Å². The number of rotatable bonds is 4. The first kappa shape index (κ1) is 16.1. The Morgan fingerprint density at radius 2 is 1.88 bits per heavy atom. The standard InChI is InChI=1S/C19H21N3O2/c1-11-5-7-16-15(10-11)18(22-21-16)19(23)20-13(3)14-9-12(2)6-8-17(14)24-4/h5-10,13H,1-4H3,(H,20,23)(H,21,22). The van der Waals surface area contributed by atoms with Crippen LogP contribution >= 0.6 is 0 Å². The highest BCUT2D eigenvalue weighted by atomic mass is 16.5. The highest BCUT2D eigenvalue weighted by Crippen LogP contribution is 2.26. The van der Waals surface area contributed by atoms with Gasteiger partial charge in [-0.2, -0.15) is 5.10 Å². The smallest absolute Gasteiger partial charge is 0.272 e. The molecule has 124 valence electrons. The number of hydrogen-bond donors (Lipinski definition) is 2. The SMILES string of the molecule is COc1ccc(C)cc1C(C)NC(=O)c1n[nH]c2ccc(C)cc12. The number of aromatic nitrogens is 2. The van der Waals surface area contributed by atoms with Crippen LogP contribution in [0.2, 0.25) is 0 Å². The van der Waals surface area contributed by atoms with Gasteiger partial charge in [0.1, 0.15) is 5.75 Å². The van der Waals surface area contributed by atoms with Crippen molar-refractivity contribution < 1.29 is 9.53 Å². The fourth-order valence-electron chi connectivity index (χ4n) is 2.84. The summed E-state index contributed by atoms with van der Waals surface area (Å²) in [7, 11) is 1.63. The Labute approximate surface area is 141 Å². The number of amides is 1.